The molecule has 3 aliphatic rings. The summed E-state index contributed by atoms with van der Waals surface area (Å²) in [4.78, 5) is 0. The van der Waals surface area contributed by atoms with Gasteiger partial charge in [0, 0.05) is 4.48 Å². The monoisotopic (exact) mass is 296 g/mol. The lowest BCUT2D eigenvalue weighted by atomic mass is 9.86. The van der Waals surface area contributed by atoms with Crippen LogP contribution in [0.15, 0.2) is 22.7 Å². The summed E-state index contributed by atoms with van der Waals surface area (Å²) in [6.07, 6.45) is 19.3. The quantitative estimate of drug-likeness (QED) is 0.690. The minimum Gasteiger partial charge on any atom is -0.0836 e. The summed E-state index contributed by atoms with van der Waals surface area (Å²) in [5.74, 6) is 0. The first-order valence-electron chi connectivity index (χ1n) is 6.44. The first-order chi connectivity index (χ1) is 8.84. The van der Waals surface area contributed by atoms with Gasteiger partial charge in [0.05, 0.1) is 0 Å². The van der Waals surface area contributed by atoms with E-state index < -0.39 is 0 Å². The van der Waals surface area contributed by atoms with Crippen LogP contribution in [0.1, 0.15) is 28.7 Å². The second-order valence-electron chi connectivity index (χ2n) is 5.03. The molecule has 1 aromatic carbocycles. The molecule has 3 aliphatic carbocycles. The lowest BCUT2D eigenvalue weighted by Gasteiger charge is -2.18. The fourth-order valence-electron chi connectivity index (χ4n) is 3.24. The molecule has 0 saturated carbocycles. The minimum absolute atomic E-state index is 1.07. The molecule has 0 heterocycles. The zero-order valence-corrected chi connectivity index (χ0v) is 11.6. The molecular weight excluding hydrogens is 284 g/mol. The highest BCUT2D eigenvalue weighted by Crippen LogP contribution is 2.24. The van der Waals surface area contributed by atoms with Crippen molar-refractivity contribution in [1.82, 2.24) is 0 Å². The third-order valence-electron chi connectivity index (χ3n) is 4.01. The molecule has 1 aromatic rings. The predicted molar refractivity (Wildman–Crippen MR) is 81.7 cm³/mol. The lowest BCUT2D eigenvalue weighted by molar-refractivity contribution is 0.959. The highest BCUT2D eigenvalue weighted by atomic mass is 79.9. The maximum Gasteiger partial charge on any atom is 0.0187 e. The summed E-state index contributed by atoms with van der Waals surface area (Å²) in [5, 5.41) is 2.89. The van der Waals surface area contributed by atoms with Crippen LogP contribution in [-0.2, 0) is 12.8 Å². The van der Waals surface area contributed by atoms with Gasteiger partial charge >= 0.3 is 0 Å². The first-order valence-corrected chi connectivity index (χ1v) is 7.24. The average Bonchev–Trinajstić information content (AvgIpc) is 2.81. The normalized spacial score (nSPS) is 18.4. The van der Waals surface area contributed by atoms with Gasteiger partial charge in [0.2, 0.25) is 0 Å². The van der Waals surface area contributed by atoms with Crippen molar-refractivity contribution >= 4 is 40.2 Å². The van der Waals surface area contributed by atoms with Crippen molar-refractivity contribution < 1.29 is 0 Å². The van der Waals surface area contributed by atoms with Crippen molar-refractivity contribution in [2.24, 2.45) is 0 Å². The molecule has 88 valence electrons. The van der Waals surface area contributed by atoms with E-state index in [4.69, 9.17) is 0 Å². The topological polar surface area (TPSA) is 0 Å². The van der Waals surface area contributed by atoms with E-state index >= 15 is 0 Å². The van der Waals surface area contributed by atoms with Gasteiger partial charge in [0.15, 0.2) is 0 Å². The van der Waals surface area contributed by atoms with Crippen molar-refractivity contribution in [3.8, 4) is 0 Å². The Balaban J connectivity index is 2.22. The van der Waals surface area contributed by atoms with Crippen LogP contribution in [-0.4, -0.2) is 0 Å². The van der Waals surface area contributed by atoms with E-state index in [9.17, 15) is 0 Å². The number of benzene rings is 1. The molecule has 0 aromatic heterocycles. The van der Waals surface area contributed by atoms with Crippen LogP contribution < -0.4 is 10.4 Å². The summed E-state index contributed by atoms with van der Waals surface area (Å²) in [7, 11) is 0. The number of allylic oxidation sites excluding steroid dienone is 4. The van der Waals surface area contributed by atoms with Crippen LogP contribution in [0, 0.1) is 0 Å². The van der Waals surface area contributed by atoms with Crippen molar-refractivity contribution in [2.75, 3.05) is 0 Å². The Kier molecular flexibility index (Phi) is 2.25. The third kappa shape index (κ3) is 1.37. The highest BCUT2D eigenvalue weighted by Gasteiger charge is 2.18. The Bertz CT molecular complexity index is 758. The molecule has 4 rings (SSSR count). The highest BCUT2D eigenvalue weighted by molar-refractivity contribution is 9.12. The molecule has 0 aliphatic heterocycles. The molecule has 0 bridgehead atoms. The van der Waals surface area contributed by atoms with E-state index in [-0.39, 0.29) is 0 Å². The Morgan fingerprint density at radius 2 is 1.89 bits per heavy atom. The zero-order valence-electron chi connectivity index (χ0n) is 10.0. The molecule has 0 fully saturated rings. The van der Waals surface area contributed by atoms with Crippen LogP contribution in [0.2, 0.25) is 0 Å². The second kappa shape index (κ2) is 3.83. The molecule has 0 radical (unpaired) electrons. The van der Waals surface area contributed by atoms with Crippen molar-refractivity contribution in [1.29, 1.82) is 0 Å². The molecule has 0 amide bonds. The van der Waals surface area contributed by atoms with Crippen LogP contribution in [0.25, 0.3) is 24.3 Å². The van der Waals surface area contributed by atoms with Gasteiger partial charge in [-0.15, -0.1) is 0 Å². The average molecular weight is 297 g/mol. The molecule has 0 unspecified atom stereocenters. The SMILES string of the molecule is BrC1=Cc2c3c(c4c(c2=C1)C=CCC4)=CC=CC3. The zero-order chi connectivity index (χ0) is 12.1. The van der Waals surface area contributed by atoms with Crippen LogP contribution in [0.3, 0.4) is 0 Å². The summed E-state index contributed by atoms with van der Waals surface area (Å²) >= 11 is 3.63. The van der Waals surface area contributed by atoms with Gasteiger partial charge in [-0.25, -0.2) is 0 Å². The van der Waals surface area contributed by atoms with Gasteiger partial charge < -0.3 is 0 Å². The maximum atomic E-state index is 3.63. The molecule has 0 saturated heterocycles. The summed E-state index contributed by atoms with van der Waals surface area (Å²) in [6, 6.07) is 0. The van der Waals surface area contributed by atoms with E-state index in [0.717, 1.165) is 6.42 Å². The van der Waals surface area contributed by atoms with Gasteiger partial charge in [-0.05, 0) is 64.1 Å². The van der Waals surface area contributed by atoms with Crippen molar-refractivity contribution in [2.45, 2.75) is 19.3 Å². The fourth-order valence-corrected chi connectivity index (χ4v) is 3.70. The maximum absolute atomic E-state index is 3.63. The van der Waals surface area contributed by atoms with Gasteiger partial charge in [-0.3, -0.25) is 0 Å². The number of rotatable bonds is 0. The van der Waals surface area contributed by atoms with E-state index in [0.29, 0.717) is 0 Å². The number of hydrogen-bond acceptors (Lipinski definition) is 0. The summed E-state index contributed by atoms with van der Waals surface area (Å²) < 4.78 is 1.20. The van der Waals surface area contributed by atoms with E-state index in [2.05, 4.69) is 58.5 Å². The molecule has 0 nitrogen and oxygen atoms in total. The van der Waals surface area contributed by atoms with Crippen molar-refractivity contribution in [3.63, 3.8) is 0 Å². The van der Waals surface area contributed by atoms with E-state index in [1.54, 1.807) is 5.56 Å². The van der Waals surface area contributed by atoms with Gasteiger partial charge in [-0.1, -0.05) is 46.3 Å². The molecule has 0 atom stereocenters. The van der Waals surface area contributed by atoms with E-state index in [1.165, 1.54) is 44.5 Å². The van der Waals surface area contributed by atoms with Gasteiger partial charge in [0.25, 0.3) is 0 Å². The van der Waals surface area contributed by atoms with Gasteiger partial charge in [-0.2, -0.15) is 0 Å². The minimum atomic E-state index is 1.07. The molecule has 0 spiro atoms. The largest absolute Gasteiger partial charge is 0.0836 e. The third-order valence-corrected chi connectivity index (χ3v) is 4.47. The first kappa shape index (κ1) is 10.6. The molecule has 18 heavy (non-hydrogen) atoms. The molecular formula is C17H13Br. The molecule has 0 N–H and O–H groups in total. The Morgan fingerprint density at radius 3 is 2.83 bits per heavy atom. The van der Waals surface area contributed by atoms with Crippen LogP contribution >= 0.6 is 15.9 Å². The Morgan fingerprint density at radius 1 is 0.944 bits per heavy atom. The van der Waals surface area contributed by atoms with Crippen LogP contribution in [0.4, 0.5) is 0 Å². The fraction of sp³-hybridized carbons (Fsp3) is 0.176. The Hall–Kier alpha value is -1.34. The standard InChI is InChI=1S/C17H13Br/c18-11-9-16-14-7-3-1-5-12(14)13-6-2-4-8-15(13)17(16)10-11/h1,3-5,8-10H,2,6-7H2. The second-order valence-corrected chi connectivity index (χ2v) is 5.94. The Labute approximate surface area is 115 Å². The number of fused-ring (bicyclic) bond motifs is 6. The molecule has 1 heteroatoms. The smallest absolute Gasteiger partial charge is 0.0187 e. The van der Waals surface area contributed by atoms with Crippen LogP contribution in [0.5, 0.6) is 0 Å². The lowest BCUT2D eigenvalue weighted by Crippen LogP contribution is -2.28. The van der Waals surface area contributed by atoms with Gasteiger partial charge in [0.1, 0.15) is 0 Å². The number of halogens is 1. The summed E-state index contributed by atoms with van der Waals surface area (Å²) in [5.41, 5.74) is 5.91. The predicted octanol–water partition coefficient (Wildman–Crippen LogP) is 3.07. The van der Waals surface area contributed by atoms with Crippen molar-refractivity contribution in [3.05, 3.63) is 55.4 Å². The summed E-state index contributed by atoms with van der Waals surface area (Å²) in [6.45, 7) is 0. The number of hydrogen-bond donors (Lipinski definition) is 0. The van der Waals surface area contributed by atoms with E-state index in [1.807, 2.05) is 0 Å².